The molecule has 2 aromatic rings. The molecule has 0 spiro atoms. The Morgan fingerprint density at radius 3 is 2.33 bits per heavy atom. The van der Waals surface area contributed by atoms with Crippen LogP contribution in [0.4, 0.5) is 5.69 Å². The molecule has 0 aliphatic heterocycles. The van der Waals surface area contributed by atoms with Crippen molar-refractivity contribution in [3.63, 3.8) is 0 Å². The topological polar surface area (TPSA) is 84.5 Å². The second-order valence-corrected chi connectivity index (χ2v) is 8.46. The quantitative estimate of drug-likeness (QED) is 0.699. The summed E-state index contributed by atoms with van der Waals surface area (Å²) in [6, 6.07) is 13.9. The first-order valence-electron chi connectivity index (χ1n) is 8.38. The minimum absolute atomic E-state index is 0.144. The van der Waals surface area contributed by atoms with Crippen molar-refractivity contribution in [1.82, 2.24) is 5.32 Å². The lowest BCUT2D eigenvalue weighted by molar-refractivity contribution is -0.123. The molecule has 146 valence electrons. The maximum atomic E-state index is 12.4. The Morgan fingerprint density at radius 1 is 1.15 bits per heavy atom. The van der Waals surface area contributed by atoms with Crippen LogP contribution in [0, 0.1) is 5.92 Å². The van der Waals surface area contributed by atoms with Gasteiger partial charge in [0.05, 0.1) is 23.8 Å². The van der Waals surface area contributed by atoms with Gasteiger partial charge in [-0.25, -0.2) is 8.42 Å². The molecule has 2 unspecified atom stereocenters. The molecule has 2 aromatic carbocycles. The minimum Gasteiger partial charge on any atom is -0.492 e. The Balaban J connectivity index is 2.16. The molecule has 0 saturated carbocycles. The normalized spacial score (nSPS) is 13.5. The molecule has 2 rings (SSSR count). The second kappa shape index (κ2) is 9.10. The lowest BCUT2D eigenvalue weighted by atomic mass is 9.86. The zero-order chi connectivity index (χ0) is 20.0. The van der Waals surface area contributed by atoms with Crippen molar-refractivity contribution in [2.45, 2.75) is 12.8 Å². The summed E-state index contributed by atoms with van der Waals surface area (Å²) in [6.07, 6.45) is 1.09. The van der Waals surface area contributed by atoms with Crippen LogP contribution in [0.5, 0.6) is 5.75 Å². The van der Waals surface area contributed by atoms with E-state index in [1.54, 1.807) is 43.4 Å². The average Bonchev–Trinajstić information content (AvgIpc) is 2.61. The third-order valence-corrected chi connectivity index (χ3v) is 4.93. The number of likely N-dealkylation sites (N-methyl/N-ethyl adjacent to an activating group) is 1. The molecule has 1 amide bonds. The number of ether oxygens (including phenoxy) is 1. The van der Waals surface area contributed by atoms with Gasteiger partial charge in [-0.15, -0.1) is 0 Å². The third-order valence-electron chi connectivity index (χ3n) is 4.01. The lowest BCUT2D eigenvalue weighted by Crippen LogP contribution is -2.32. The van der Waals surface area contributed by atoms with Crippen molar-refractivity contribution in [3.8, 4) is 5.75 Å². The van der Waals surface area contributed by atoms with Crippen LogP contribution in [0.2, 0.25) is 5.02 Å². The second-order valence-electron chi connectivity index (χ2n) is 6.31. The number of anilines is 1. The van der Waals surface area contributed by atoms with Gasteiger partial charge in [-0.3, -0.25) is 9.52 Å². The van der Waals surface area contributed by atoms with E-state index in [9.17, 15) is 13.2 Å². The lowest BCUT2D eigenvalue weighted by Gasteiger charge is -2.23. The number of amides is 1. The van der Waals surface area contributed by atoms with E-state index in [1.807, 2.05) is 19.1 Å². The third kappa shape index (κ3) is 6.15. The van der Waals surface area contributed by atoms with Crippen molar-refractivity contribution < 1.29 is 17.9 Å². The van der Waals surface area contributed by atoms with Crippen LogP contribution in [0.15, 0.2) is 48.5 Å². The fourth-order valence-electron chi connectivity index (χ4n) is 2.75. The summed E-state index contributed by atoms with van der Waals surface area (Å²) in [7, 11) is -1.77. The van der Waals surface area contributed by atoms with Gasteiger partial charge in [0.15, 0.2) is 0 Å². The number of carbonyl (C=O) groups is 1. The minimum atomic E-state index is -3.35. The predicted molar refractivity (Wildman–Crippen MR) is 108 cm³/mol. The summed E-state index contributed by atoms with van der Waals surface area (Å²) in [5.41, 5.74) is 1.21. The van der Waals surface area contributed by atoms with Gasteiger partial charge in [0, 0.05) is 18.7 Å². The summed E-state index contributed by atoms with van der Waals surface area (Å²) >= 11 is 6.10. The number of carbonyl (C=O) groups excluding carboxylic acids is 1. The van der Waals surface area contributed by atoms with Crippen LogP contribution in [-0.4, -0.2) is 34.2 Å². The highest BCUT2D eigenvalue weighted by molar-refractivity contribution is 7.92. The Bertz CT molecular complexity index is 885. The molecule has 2 N–H and O–H groups in total. The molecule has 27 heavy (non-hydrogen) atoms. The van der Waals surface area contributed by atoms with Crippen LogP contribution >= 0.6 is 11.6 Å². The highest BCUT2D eigenvalue weighted by atomic mass is 35.5. The Labute approximate surface area is 164 Å². The molecule has 0 saturated heterocycles. The summed E-state index contributed by atoms with van der Waals surface area (Å²) in [6.45, 7) is 2.21. The number of hydrogen-bond acceptors (Lipinski definition) is 4. The van der Waals surface area contributed by atoms with Gasteiger partial charge < -0.3 is 10.1 Å². The average molecular weight is 411 g/mol. The molecule has 0 aliphatic rings. The number of hydrogen-bond donors (Lipinski definition) is 2. The van der Waals surface area contributed by atoms with Gasteiger partial charge in [0.2, 0.25) is 15.9 Å². The molecular weight excluding hydrogens is 388 g/mol. The molecule has 0 bridgehead atoms. The molecule has 0 radical (unpaired) electrons. The van der Waals surface area contributed by atoms with Crippen molar-refractivity contribution in [1.29, 1.82) is 0 Å². The van der Waals surface area contributed by atoms with Gasteiger partial charge in [-0.05, 0) is 29.8 Å². The van der Waals surface area contributed by atoms with Crippen LogP contribution in [0.3, 0.4) is 0 Å². The first kappa shape index (κ1) is 21.1. The van der Waals surface area contributed by atoms with Crippen LogP contribution in [-0.2, 0) is 14.8 Å². The van der Waals surface area contributed by atoms with Crippen LogP contribution < -0.4 is 14.8 Å². The molecule has 0 fully saturated rings. The largest absolute Gasteiger partial charge is 0.492 e. The number of nitrogens with one attached hydrogen (secondary N) is 2. The molecule has 0 aliphatic carbocycles. The van der Waals surface area contributed by atoms with E-state index in [-0.39, 0.29) is 11.8 Å². The maximum Gasteiger partial charge on any atom is 0.229 e. The van der Waals surface area contributed by atoms with E-state index in [4.69, 9.17) is 16.3 Å². The van der Waals surface area contributed by atoms with Gasteiger partial charge >= 0.3 is 0 Å². The number of benzene rings is 2. The van der Waals surface area contributed by atoms with E-state index in [2.05, 4.69) is 10.0 Å². The number of halogens is 1. The van der Waals surface area contributed by atoms with E-state index < -0.39 is 15.9 Å². The number of sulfonamides is 1. The van der Waals surface area contributed by atoms with Crippen molar-refractivity contribution in [2.75, 3.05) is 24.6 Å². The summed E-state index contributed by atoms with van der Waals surface area (Å²) < 4.78 is 30.8. The van der Waals surface area contributed by atoms with Crippen molar-refractivity contribution >= 4 is 33.2 Å². The summed E-state index contributed by atoms with van der Waals surface area (Å²) in [4.78, 5) is 12.4. The first-order valence-corrected chi connectivity index (χ1v) is 10.6. The van der Waals surface area contributed by atoms with Gasteiger partial charge in [-0.2, -0.15) is 0 Å². The zero-order valence-corrected chi connectivity index (χ0v) is 17.0. The van der Waals surface area contributed by atoms with E-state index >= 15 is 0 Å². The van der Waals surface area contributed by atoms with Crippen molar-refractivity contribution in [3.05, 3.63) is 59.1 Å². The van der Waals surface area contributed by atoms with E-state index in [1.165, 1.54) is 0 Å². The summed E-state index contributed by atoms with van der Waals surface area (Å²) in [5, 5.41) is 3.19. The molecule has 2 atom stereocenters. The highest BCUT2D eigenvalue weighted by Gasteiger charge is 2.27. The Hall–Kier alpha value is -2.25. The van der Waals surface area contributed by atoms with Gasteiger partial charge in [-0.1, -0.05) is 42.8 Å². The highest BCUT2D eigenvalue weighted by Crippen LogP contribution is 2.29. The fraction of sp³-hybridized carbons (Fsp3) is 0.316. The molecule has 6 nitrogen and oxygen atoms in total. The number of rotatable bonds is 8. The number of para-hydroxylation sites is 1. The van der Waals surface area contributed by atoms with Gasteiger partial charge in [0.25, 0.3) is 0 Å². The van der Waals surface area contributed by atoms with E-state index in [0.29, 0.717) is 23.1 Å². The standard InChI is InChI=1S/C19H23ClN2O4S/c1-13(12-26-17-7-5-4-6-16(17)20)18(19(23)21-2)14-8-10-15(11-9-14)22-27(3,24)25/h4-11,13,18,22H,12H2,1-3H3,(H,21,23). The predicted octanol–water partition coefficient (Wildman–Crippen LogP) is 3.26. The zero-order valence-electron chi connectivity index (χ0n) is 15.4. The Morgan fingerprint density at radius 2 is 1.78 bits per heavy atom. The van der Waals surface area contributed by atoms with Crippen LogP contribution in [0.25, 0.3) is 0 Å². The maximum absolute atomic E-state index is 12.4. The molecule has 0 heterocycles. The SMILES string of the molecule is CNC(=O)C(c1ccc(NS(C)(=O)=O)cc1)C(C)COc1ccccc1Cl. The molecular formula is C19H23ClN2O4S. The summed E-state index contributed by atoms with van der Waals surface area (Å²) in [5.74, 6) is -0.178. The molecule has 0 aromatic heterocycles. The van der Waals surface area contributed by atoms with Crippen molar-refractivity contribution in [2.24, 2.45) is 5.92 Å². The van der Waals surface area contributed by atoms with Crippen LogP contribution in [0.1, 0.15) is 18.4 Å². The van der Waals surface area contributed by atoms with Gasteiger partial charge in [0.1, 0.15) is 5.75 Å². The fourth-order valence-corrected chi connectivity index (χ4v) is 3.50. The van der Waals surface area contributed by atoms with E-state index in [0.717, 1.165) is 11.8 Å². The smallest absolute Gasteiger partial charge is 0.229 e. The Kier molecular flexibility index (Phi) is 7.10. The monoisotopic (exact) mass is 410 g/mol. The first-order chi connectivity index (χ1) is 12.7. The molecule has 8 heteroatoms.